The number of benzene rings is 1. The smallest absolute Gasteiger partial charge is 0.320 e. The van der Waals surface area contributed by atoms with E-state index in [2.05, 4.69) is 0 Å². The number of hydrogen-bond donors (Lipinski definition) is 0. The number of hydrogen-bond acceptors (Lipinski definition) is 7. The van der Waals surface area contributed by atoms with E-state index < -0.39 is 28.3 Å². The number of methoxy groups -OCH3 is 1. The molecule has 2 aliphatic heterocycles. The number of carbonyl (C=O) groups is 2. The highest BCUT2D eigenvalue weighted by atomic mass is 16.6. The Kier molecular flexibility index (Phi) is 3.46. The molecule has 0 N–H and O–H groups in total. The van der Waals surface area contributed by atoms with Gasteiger partial charge in [0.25, 0.3) is 5.69 Å². The van der Waals surface area contributed by atoms with Gasteiger partial charge >= 0.3 is 5.97 Å². The number of nitro groups is 1. The summed E-state index contributed by atoms with van der Waals surface area (Å²) >= 11 is 0. The summed E-state index contributed by atoms with van der Waals surface area (Å²) in [5, 5.41) is 22.8. The highest BCUT2D eigenvalue weighted by Crippen LogP contribution is 2.47. The lowest BCUT2D eigenvalue weighted by Crippen LogP contribution is -2.62. The largest absolute Gasteiger partial charge is 0.549 e. The molecule has 2 aliphatic rings. The molecule has 2 heterocycles. The van der Waals surface area contributed by atoms with E-state index in [1.54, 1.807) is 6.07 Å². The Morgan fingerprint density at radius 2 is 2.17 bits per heavy atom. The maximum Gasteiger partial charge on any atom is 0.320 e. The predicted octanol–water partition coefficient (Wildman–Crippen LogP) is 0.0290. The van der Waals surface area contributed by atoms with Crippen LogP contribution in [-0.2, 0) is 20.7 Å². The molecule has 8 nitrogen and oxygen atoms in total. The molecule has 23 heavy (non-hydrogen) atoms. The molecule has 0 saturated carbocycles. The summed E-state index contributed by atoms with van der Waals surface area (Å²) in [6, 6.07) is 3.76. The van der Waals surface area contributed by atoms with Gasteiger partial charge in [-0.05, 0) is 30.9 Å². The van der Waals surface area contributed by atoms with E-state index in [9.17, 15) is 24.8 Å². The second kappa shape index (κ2) is 5.22. The second-order valence-electron chi connectivity index (χ2n) is 5.85. The van der Waals surface area contributed by atoms with E-state index in [0.717, 1.165) is 19.2 Å². The van der Waals surface area contributed by atoms with E-state index in [0.29, 0.717) is 18.5 Å². The van der Waals surface area contributed by atoms with Crippen molar-refractivity contribution >= 4 is 23.3 Å². The topological polar surface area (TPSA) is 113 Å². The fourth-order valence-corrected chi connectivity index (χ4v) is 3.77. The van der Waals surface area contributed by atoms with E-state index in [1.165, 1.54) is 12.1 Å². The van der Waals surface area contributed by atoms with Crippen molar-refractivity contribution in [3.63, 3.8) is 0 Å². The minimum absolute atomic E-state index is 0.140. The molecule has 3 rings (SSSR count). The number of carboxylic acid groups (broad SMARTS) is 1. The number of carboxylic acids is 1. The van der Waals surface area contributed by atoms with Gasteiger partial charge in [-0.3, -0.25) is 14.9 Å². The molecule has 0 spiro atoms. The molecule has 2 atom stereocenters. The van der Waals surface area contributed by atoms with E-state index in [1.807, 2.05) is 4.90 Å². The molecule has 0 bridgehead atoms. The average molecular weight is 319 g/mol. The minimum atomic E-state index is -1.84. The highest BCUT2D eigenvalue weighted by molar-refractivity contribution is 6.01. The van der Waals surface area contributed by atoms with Gasteiger partial charge in [0.15, 0.2) is 0 Å². The number of non-ortho nitro benzene ring substituents is 1. The van der Waals surface area contributed by atoms with Crippen LogP contribution in [0.4, 0.5) is 11.4 Å². The summed E-state index contributed by atoms with van der Waals surface area (Å²) in [6.45, 7) is 0.585. The molecule has 0 radical (unpaired) electrons. The summed E-state index contributed by atoms with van der Waals surface area (Å²) in [4.78, 5) is 36.4. The van der Waals surface area contributed by atoms with Crippen molar-refractivity contribution in [1.82, 2.24) is 0 Å². The number of nitro benzene ring substituents is 1. The zero-order chi connectivity index (χ0) is 16.8. The maximum absolute atomic E-state index is 12.3. The number of carbonyl (C=O) groups excluding carboxylic acids is 2. The van der Waals surface area contributed by atoms with Crippen LogP contribution in [0.25, 0.3) is 0 Å². The second-order valence-corrected chi connectivity index (χ2v) is 5.85. The maximum atomic E-state index is 12.3. The molecule has 1 aromatic rings. The van der Waals surface area contributed by atoms with Gasteiger partial charge in [-0.1, -0.05) is 0 Å². The molecule has 122 valence electrons. The lowest BCUT2D eigenvalue weighted by Gasteiger charge is -2.46. The first kappa shape index (κ1) is 15.3. The van der Waals surface area contributed by atoms with Crippen LogP contribution < -0.4 is 10.0 Å². The molecule has 1 fully saturated rings. The Bertz CT molecular complexity index is 703. The number of aliphatic carboxylic acids is 1. The molecule has 8 heteroatoms. The van der Waals surface area contributed by atoms with Crippen LogP contribution in [0.3, 0.4) is 0 Å². The summed E-state index contributed by atoms with van der Waals surface area (Å²) in [5.74, 6) is -2.37. The molecule has 0 aliphatic carbocycles. The number of fused-ring (bicyclic) bond motifs is 3. The molecule has 1 aromatic carbocycles. The van der Waals surface area contributed by atoms with Gasteiger partial charge in [-0.2, -0.15) is 0 Å². The molecule has 0 amide bonds. The van der Waals surface area contributed by atoms with Crippen LogP contribution in [-0.4, -0.2) is 36.6 Å². The zero-order valence-corrected chi connectivity index (χ0v) is 12.5. The molecular formula is C15H15N2O6-. The highest BCUT2D eigenvalue weighted by Gasteiger charge is 2.55. The standard InChI is InChI=1S/C15H16N2O6/c1-23-14(20)15(13(18)19)8-9-7-10(17(21)22)4-5-11(9)16-6-2-3-12(15)16/h4-5,7,12H,2-3,6,8H2,1H3,(H,18,19)/p-1/t12-,15+/m1/s1. The van der Waals surface area contributed by atoms with Gasteiger partial charge in [0.1, 0.15) is 5.41 Å². The van der Waals surface area contributed by atoms with Crippen molar-refractivity contribution in [3.8, 4) is 0 Å². The first-order valence-corrected chi connectivity index (χ1v) is 7.25. The first-order chi connectivity index (χ1) is 10.9. The van der Waals surface area contributed by atoms with Crippen molar-refractivity contribution in [1.29, 1.82) is 0 Å². The molecule has 1 saturated heterocycles. The SMILES string of the molecule is COC(=O)[C@@]1(C(=O)[O-])Cc2cc([N+](=O)[O-])ccc2N2CCC[C@@H]21. The summed E-state index contributed by atoms with van der Waals surface area (Å²) in [5.41, 5.74) is -0.794. The van der Waals surface area contributed by atoms with Crippen molar-refractivity contribution in [2.45, 2.75) is 25.3 Å². The first-order valence-electron chi connectivity index (χ1n) is 7.25. The van der Waals surface area contributed by atoms with Crippen LogP contribution in [0.15, 0.2) is 18.2 Å². The molecule has 0 aromatic heterocycles. The summed E-state index contributed by atoms with van der Waals surface area (Å²) < 4.78 is 4.73. The predicted molar refractivity (Wildman–Crippen MR) is 76.6 cm³/mol. The van der Waals surface area contributed by atoms with Gasteiger partial charge in [0, 0.05) is 24.4 Å². The zero-order valence-electron chi connectivity index (χ0n) is 12.5. The Hall–Kier alpha value is -2.64. The Morgan fingerprint density at radius 1 is 1.43 bits per heavy atom. The van der Waals surface area contributed by atoms with Crippen molar-refractivity contribution < 1.29 is 24.4 Å². The lowest BCUT2D eigenvalue weighted by atomic mass is 9.71. The number of rotatable bonds is 3. The quantitative estimate of drug-likeness (QED) is 0.334. The van der Waals surface area contributed by atoms with Gasteiger partial charge in [0.05, 0.1) is 24.0 Å². The third-order valence-corrected chi connectivity index (χ3v) is 4.79. The van der Waals surface area contributed by atoms with Crippen molar-refractivity contribution in [3.05, 3.63) is 33.9 Å². The van der Waals surface area contributed by atoms with Gasteiger partial charge < -0.3 is 19.5 Å². The molecule has 0 unspecified atom stereocenters. The number of nitrogens with zero attached hydrogens (tertiary/aromatic N) is 2. The average Bonchev–Trinajstić information content (AvgIpc) is 3.02. The third kappa shape index (κ3) is 2.05. The van der Waals surface area contributed by atoms with Crippen molar-refractivity contribution in [2.24, 2.45) is 5.41 Å². The fourth-order valence-electron chi connectivity index (χ4n) is 3.77. The van der Waals surface area contributed by atoms with E-state index >= 15 is 0 Å². The van der Waals surface area contributed by atoms with Crippen LogP contribution in [0.2, 0.25) is 0 Å². The third-order valence-electron chi connectivity index (χ3n) is 4.79. The van der Waals surface area contributed by atoms with Crippen LogP contribution >= 0.6 is 0 Å². The number of esters is 1. The Balaban J connectivity index is 2.18. The number of ether oxygens (including phenoxy) is 1. The van der Waals surface area contributed by atoms with Gasteiger partial charge in [-0.15, -0.1) is 0 Å². The van der Waals surface area contributed by atoms with Gasteiger partial charge in [-0.25, -0.2) is 0 Å². The summed E-state index contributed by atoms with van der Waals surface area (Å²) in [7, 11) is 1.13. The minimum Gasteiger partial charge on any atom is -0.549 e. The summed E-state index contributed by atoms with van der Waals surface area (Å²) in [6.07, 6.45) is 1.09. The molecular weight excluding hydrogens is 304 g/mol. The van der Waals surface area contributed by atoms with Crippen LogP contribution in [0, 0.1) is 15.5 Å². The van der Waals surface area contributed by atoms with E-state index in [-0.39, 0.29) is 12.1 Å². The number of anilines is 1. The fraction of sp³-hybridized carbons (Fsp3) is 0.467. The van der Waals surface area contributed by atoms with Gasteiger partial charge in [0.2, 0.25) is 0 Å². The Morgan fingerprint density at radius 3 is 2.78 bits per heavy atom. The van der Waals surface area contributed by atoms with Crippen LogP contribution in [0.5, 0.6) is 0 Å². The van der Waals surface area contributed by atoms with Crippen molar-refractivity contribution in [2.75, 3.05) is 18.6 Å². The van der Waals surface area contributed by atoms with Crippen LogP contribution in [0.1, 0.15) is 18.4 Å². The Labute approximate surface area is 131 Å². The van der Waals surface area contributed by atoms with E-state index in [4.69, 9.17) is 4.74 Å². The monoisotopic (exact) mass is 319 g/mol. The normalized spacial score (nSPS) is 25.4. The lowest BCUT2D eigenvalue weighted by molar-refractivity contribution is -0.385.